The molecule has 1 aromatic carbocycles. The smallest absolute Gasteiger partial charge is 0.408 e. The summed E-state index contributed by atoms with van der Waals surface area (Å²) >= 11 is 6.72. The summed E-state index contributed by atoms with van der Waals surface area (Å²) in [5.41, 5.74) is -0.455. The van der Waals surface area contributed by atoms with Gasteiger partial charge in [-0.2, -0.15) is 0 Å². The van der Waals surface area contributed by atoms with Gasteiger partial charge in [-0.1, -0.05) is 28.5 Å². The number of esters is 1. The van der Waals surface area contributed by atoms with E-state index in [0.29, 0.717) is 5.69 Å². The average Bonchev–Trinajstić information content (AvgIpc) is 3.18. The number of benzene rings is 1. The fourth-order valence-electron chi connectivity index (χ4n) is 2.18. The first-order valence-electron chi connectivity index (χ1n) is 9.01. The molecule has 0 aliphatic heterocycles. The number of hydrogen-bond donors (Lipinski definition) is 3. The standard InChI is InChI=1S/C18H21ClFN5O6S/c1-18(2,3)30-17(27)22-12(16(26)29-4)8-32-15-13(24-31-25-15)14(23-28)21-9-5-6-11(20)10(19)7-9/h5-7,12,28H,8H2,1-4H3,(H,21,23)(H,22,27)/t12-/m0/s1. The molecular weight excluding hydrogens is 469 g/mol. The van der Waals surface area contributed by atoms with Crippen molar-refractivity contribution >= 4 is 46.9 Å². The molecule has 11 nitrogen and oxygen atoms in total. The molecule has 1 heterocycles. The van der Waals surface area contributed by atoms with Crippen LogP contribution in [-0.2, 0) is 14.3 Å². The third kappa shape index (κ3) is 7.27. The van der Waals surface area contributed by atoms with E-state index in [1.54, 1.807) is 20.8 Å². The Morgan fingerprint density at radius 3 is 2.69 bits per heavy atom. The molecule has 32 heavy (non-hydrogen) atoms. The van der Waals surface area contributed by atoms with Gasteiger partial charge in [0.25, 0.3) is 0 Å². The second kappa shape index (κ2) is 11.0. The van der Waals surface area contributed by atoms with Gasteiger partial charge in [-0.15, -0.1) is 0 Å². The molecule has 0 aliphatic rings. The highest BCUT2D eigenvalue weighted by Gasteiger charge is 2.27. The predicted molar refractivity (Wildman–Crippen MR) is 114 cm³/mol. The van der Waals surface area contributed by atoms with Crippen LogP contribution in [0.25, 0.3) is 0 Å². The maximum atomic E-state index is 13.4. The van der Waals surface area contributed by atoms with Crippen LogP contribution in [0.5, 0.6) is 0 Å². The number of halogens is 2. The van der Waals surface area contributed by atoms with E-state index in [0.717, 1.165) is 17.8 Å². The van der Waals surface area contributed by atoms with Crippen LogP contribution >= 0.6 is 23.4 Å². The number of carbonyl (C=O) groups excluding carboxylic acids is 2. The number of methoxy groups -OCH3 is 1. The van der Waals surface area contributed by atoms with Crippen LogP contribution in [0.3, 0.4) is 0 Å². The molecule has 0 saturated carbocycles. The van der Waals surface area contributed by atoms with E-state index in [4.69, 9.17) is 25.7 Å². The SMILES string of the molecule is COC(=O)[C@H](CSc1nonc1C(=NO)Nc1ccc(F)c(Cl)c1)NC(=O)OC(C)(C)C. The van der Waals surface area contributed by atoms with Gasteiger partial charge in [0.15, 0.2) is 10.7 Å². The van der Waals surface area contributed by atoms with Crippen LogP contribution in [-0.4, -0.2) is 57.9 Å². The van der Waals surface area contributed by atoms with E-state index < -0.39 is 29.5 Å². The van der Waals surface area contributed by atoms with Crippen molar-refractivity contribution in [1.82, 2.24) is 15.6 Å². The fraction of sp³-hybridized carbons (Fsp3) is 0.389. The molecular formula is C18H21ClFN5O6S. The van der Waals surface area contributed by atoms with Gasteiger partial charge in [0.05, 0.1) is 12.1 Å². The number of ether oxygens (including phenoxy) is 2. The number of nitrogens with one attached hydrogen (secondary N) is 2. The second-order valence-electron chi connectivity index (χ2n) is 7.15. The number of amidine groups is 1. The van der Waals surface area contributed by atoms with Crippen molar-refractivity contribution in [2.45, 2.75) is 37.4 Å². The number of amides is 1. The van der Waals surface area contributed by atoms with Gasteiger partial charge in [0.2, 0.25) is 5.84 Å². The normalized spacial score (nSPS) is 12.8. The number of nitrogens with zero attached hydrogens (tertiary/aromatic N) is 3. The lowest BCUT2D eigenvalue weighted by atomic mass is 10.2. The van der Waals surface area contributed by atoms with Gasteiger partial charge in [-0.25, -0.2) is 18.6 Å². The number of aromatic nitrogens is 2. The number of anilines is 1. The van der Waals surface area contributed by atoms with E-state index in [1.165, 1.54) is 19.2 Å². The van der Waals surface area contributed by atoms with Gasteiger partial charge in [-0.3, -0.25) is 0 Å². The maximum Gasteiger partial charge on any atom is 0.408 e. The van der Waals surface area contributed by atoms with E-state index in [2.05, 4.69) is 26.1 Å². The average molecular weight is 490 g/mol. The predicted octanol–water partition coefficient (Wildman–Crippen LogP) is 3.27. The molecule has 0 spiro atoms. The zero-order valence-corrected chi connectivity index (χ0v) is 19.1. The molecule has 2 aromatic rings. The molecule has 1 aromatic heterocycles. The number of alkyl carbamates (subject to hydrolysis) is 1. The molecule has 0 bridgehead atoms. The van der Waals surface area contributed by atoms with Crippen molar-refractivity contribution in [3.63, 3.8) is 0 Å². The molecule has 174 valence electrons. The first-order valence-corrected chi connectivity index (χ1v) is 10.4. The zero-order valence-electron chi connectivity index (χ0n) is 17.5. The quantitative estimate of drug-likeness (QED) is 0.132. The summed E-state index contributed by atoms with van der Waals surface area (Å²) in [6, 6.07) is 2.69. The van der Waals surface area contributed by atoms with Crippen LogP contribution in [0, 0.1) is 5.82 Å². The first kappa shape index (κ1) is 25.2. The summed E-state index contributed by atoms with van der Waals surface area (Å²) in [5, 5.41) is 25.0. The second-order valence-corrected chi connectivity index (χ2v) is 8.57. The Hall–Kier alpha value is -3.06. The summed E-state index contributed by atoms with van der Waals surface area (Å²) in [4.78, 5) is 24.1. The molecule has 3 N–H and O–H groups in total. The number of rotatable bonds is 7. The van der Waals surface area contributed by atoms with Crippen molar-refractivity contribution in [1.29, 1.82) is 0 Å². The zero-order chi connectivity index (χ0) is 23.9. The van der Waals surface area contributed by atoms with E-state index >= 15 is 0 Å². The van der Waals surface area contributed by atoms with Crippen molar-refractivity contribution in [2.75, 3.05) is 18.2 Å². The third-order valence-corrected chi connectivity index (χ3v) is 4.86. The third-order valence-electron chi connectivity index (χ3n) is 3.53. The summed E-state index contributed by atoms with van der Waals surface area (Å²) in [6.07, 6.45) is -0.806. The highest BCUT2D eigenvalue weighted by molar-refractivity contribution is 7.99. The van der Waals surface area contributed by atoms with E-state index in [9.17, 15) is 19.2 Å². The van der Waals surface area contributed by atoms with Crippen LogP contribution in [0.1, 0.15) is 26.5 Å². The number of carbonyl (C=O) groups is 2. The van der Waals surface area contributed by atoms with Crippen LogP contribution in [0.15, 0.2) is 33.0 Å². The van der Waals surface area contributed by atoms with E-state index in [-0.39, 0.29) is 27.3 Å². The van der Waals surface area contributed by atoms with Crippen LogP contribution in [0.2, 0.25) is 5.02 Å². The molecule has 0 saturated heterocycles. The van der Waals surface area contributed by atoms with Crippen molar-refractivity contribution in [3.05, 3.63) is 34.7 Å². The van der Waals surface area contributed by atoms with Crippen molar-refractivity contribution < 1.29 is 33.3 Å². The molecule has 1 amide bonds. The van der Waals surface area contributed by atoms with Gasteiger partial charge in [0, 0.05) is 11.4 Å². The Balaban J connectivity index is 2.12. The molecule has 0 unspecified atom stereocenters. The monoisotopic (exact) mass is 489 g/mol. The summed E-state index contributed by atoms with van der Waals surface area (Å²) in [6.45, 7) is 5.04. The number of thioether (sulfide) groups is 1. The molecule has 2 rings (SSSR count). The number of hydrogen-bond acceptors (Lipinski definition) is 10. The fourth-order valence-corrected chi connectivity index (χ4v) is 3.27. The highest BCUT2D eigenvalue weighted by Crippen LogP contribution is 2.24. The Morgan fingerprint density at radius 1 is 1.38 bits per heavy atom. The van der Waals surface area contributed by atoms with Crippen LogP contribution in [0.4, 0.5) is 14.9 Å². The minimum atomic E-state index is -1.08. The molecule has 0 aliphatic carbocycles. The topological polar surface area (TPSA) is 148 Å². The van der Waals surface area contributed by atoms with Gasteiger partial charge in [-0.05, 0) is 49.3 Å². The number of oxime groups is 1. The maximum absolute atomic E-state index is 13.4. The molecule has 14 heteroatoms. The summed E-state index contributed by atoms with van der Waals surface area (Å²) in [5.74, 6) is -1.54. The van der Waals surface area contributed by atoms with Crippen molar-refractivity contribution in [3.8, 4) is 0 Å². The summed E-state index contributed by atoms with van der Waals surface area (Å²) < 4.78 is 27.9. The molecule has 1 atom stereocenters. The van der Waals surface area contributed by atoms with Gasteiger partial charge >= 0.3 is 12.1 Å². The van der Waals surface area contributed by atoms with Gasteiger partial charge in [0.1, 0.15) is 17.5 Å². The first-order chi connectivity index (χ1) is 15.0. The largest absolute Gasteiger partial charge is 0.467 e. The lowest BCUT2D eigenvalue weighted by Crippen LogP contribution is -2.45. The Labute approximate surface area is 191 Å². The Morgan fingerprint density at radius 2 is 2.09 bits per heavy atom. The Bertz CT molecular complexity index is 996. The minimum Gasteiger partial charge on any atom is -0.467 e. The van der Waals surface area contributed by atoms with Gasteiger partial charge < -0.3 is 25.3 Å². The minimum absolute atomic E-state index is 0.00108. The van der Waals surface area contributed by atoms with E-state index in [1.807, 2.05) is 0 Å². The molecule has 0 radical (unpaired) electrons. The Kier molecular flexibility index (Phi) is 8.66. The molecule has 0 fully saturated rings. The highest BCUT2D eigenvalue weighted by atomic mass is 35.5. The lowest BCUT2D eigenvalue weighted by molar-refractivity contribution is -0.142. The van der Waals surface area contributed by atoms with Crippen LogP contribution < -0.4 is 10.6 Å². The summed E-state index contributed by atoms with van der Waals surface area (Å²) in [7, 11) is 1.17. The lowest BCUT2D eigenvalue weighted by Gasteiger charge is -2.22. The van der Waals surface area contributed by atoms with Crippen molar-refractivity contribution in [2.24, 2.45) is 5.16 Å².